The highest BCUT2D eigenvalue weighted by molar-refractivity contribution is 5.76. The maximum absolute atomic E-state index is 14.6. The molecular formula is C22H15FN4O. The molecule has 6 heteroatoms. The van der Waals surface area contributed by atoms with Gasteiger partial charge in [0.2, 0.25) is 0 Å². The number of anilines is 1. The Labute approximate surface area is 160 Å². The number of nitrogens with zero attached hydrogens (tertiary/aromatic N) is 3. The molecule has 0 amide bonds. The topological polar surface area (TPSA) is 59.8 Å². The van der Waals surface area contributed by atoms with Crippen molar-refractivity contribution in [2.24, 2.45) is 0 Å². The summed E-state index contributed by atoms with van der Waals surface area (Å²) in [6.07, 6.45) is -0.623. The predicted molar refractivity (Wildman–Crippen MR) is 105 cm³/mol. The Balaban J connectivity index is 1.79. The number of hydrogen-bond donors (Lipinski definition) is 1. The van der Waals surface area contributed by atoms with Crippen molar-refractivity contribution in [3.05, 3.63) is 101 Å². The van der Waals surface area contributed by atoms with E-state index >= 15 is 0 Å². The van der Waals surface area contributed by atoms with E-state index in [0.717, 1.165) is 11.3 Å². The molecule has 0 saturated carbocycles. The normalized spacial score (nSPS) is 14.7. The molecule has 28 heavy (non-hydrogen) atoms. The molecule has 1 aliphatic heterocycles. The molecule has 0 saturated heterocycles. The summed E-state index contributed by atoms with van der Waals surface area (Å²) in [6, 6.07) is 23.2. The minimum absolute atomic E-state index is 0.229. The first-order valence-corrected chi connectivity index (χ1v) is 8.89. The summed E-state index contributed by atoms with van der Waals surface area (Å²) in [4.78, 5) is 17.0. The first-order chi connectivity index (χ1) is 13.7. The number of rotatable bonds is 2. The first kappa shape index (κ1) is 16.4. The van der Waals surface area contributed by atoms with Crippen LogP contribution in [0.25, 0.3) is 22.6 Å². The average molecular weight is 370 g/mol. The zero-order valence-corrected chi connectivity index (χ0v) is 14.7. The Hall–Kier alpha value is -3.80. The molecule has 0 bridgehead atoms. The molecule has 0 radical (unpaired) electrons. The Morgan fingerprint density at radius 3 is 2.43 bits per heavy atom. The van der Waals surface area contributed by atoms with Crippen LogP contribution in [0, 0.1) is 5.82 Å². The van der Waals surface area contributed by atoms with Gasteiger partial charge >= 0.3 is 0 Å². The van der Waals surface area contributed by atoms with Gasteiger partial charge in [0.25, 0.3) is 5.56 Å². The van der Waals surface area contributed by atoms with Gasteiger partial charge in [-0.25, -0.2) is 9.07 Å². The van der Waals surface area contributed by atoms with Gasteiger partial charge in [0.05, 0.1) is 0 Å². The second kappa shape index (κ2) is 6.42. The minimum Gasteiger partial charge on any atom is -0.359 e. The van der Waals surface area contributed by atoms with E-state index in [2.05, 4.69) is 15.4 Å². The summed E-state index contributed by atoms with van der Waals surface area (Å²) in [5.74, 6) is 0.0550. The number of fused-ring (bicyclic) bond motifs is 3. The van der Waals surface area contributed by atoms with Crippen molar-refractivity contribution in [2.45, 2.75) is 6.17 Å². The van der Waals surface area contributed by atoms with Gasteiger partial charge in [-0.2, -0.15) is 10.1 Å². The van der Waals surface area contributed by atoms with Crippen LogP contribution in [0.1, 0.15) is 11.7 Å². The van der Waals surface area contributed by atoms with Crippen LogP contribution in [-0.2, 0) is 0 Å². The molecule has 1 aromatic heterocycles. The molecule has 0 spiro atoms. The molecule has 2 heterocycles. The van der Waals surface area contributed by atoms with Gasteiger partial charge in [-0.1, -0.05) is 60.7 Å². The summed E-state index contributed by atoms with van der Waals surface area (Å²) < 4.78 is 16.2. The summed E-state index contributed by atoms with van der Waals surface area (Å²) in [6.45, 7) is 0. The van der Waals surface area contributed by atoms with E-state index in [9.17, 15) is 9.18 Å². The zero-order valence-electron chi connectivity index (χ0n) is 14.7. The minimum atomic E-state index is -0.623. The predicted octanol–water partition coefficient (Wildman–Crippen LogP) is 4.08. The summed E-state index contributed by atoms with van der Waals surface area (Å²) in [5.41, 5.74) is 2.43. The smallest absolute Gasteiger partial charge is 0.300 e. The maximum Gasteiger partial charge on any atom is 0.300 e. The standard InChI is InChI=1S/C22H15FN4O/c23-17-12-6-4-10-15(17)20-24-18-13-7-5-11-16(18)21-25-22(28)19(26-27(20)21)14-8-2-1-3-9-14/h1-13,20,24H. The fraction of sp³-hybridized carbons (Fsp3) is 0.0455. The van der Waals surface area contributed by atoms with E-state index in [1.165, 1.54) is 6.07 Å². The number of nitrogens with one attached hydrogen (secondary N) is 1. The van der Waals surface area contributed by atoms with Gasteiger partial charge in [-0.3, -0.25) is 4.79 Å². The first-order valence-electron chi connectivity index (χ1n) is 8.89. The second-order valence-corrected chi connectivity index (χ2v) is 6.51. The van der Waals surface area contributed by atoms with Crippen LogP contribution in [0.15, 0.2) is 83.7 Å². The van der Waals surface area contributed by atoms with Crippen LogP contribution < -0.4 is 10.9 Å². The van der Waals surface area contributed by atoms with Crippen LogP contribution in [0.3, 0.4) is 0 Å². The van der Waals surface area contributed by atoms with Crippen molar-refractivity contribution in [1.82, 2.24) is 14.8 Å². The molecule has 3 aromatic carbocycles. The number of para-hydroxylation sites is 1. The average Bonchev–Trinajstić information content (AvgIpc) is 2.74. The summed E-state index contributed by atoms with van der Waals surface area (Å²) in [7, 11) is 0. The number of hydrogen-bond acceptors (Lipinski definition) is 4. The molecule has 5 nitrogen and oxygen atoms in total. The van der Waals surface area contributed by atoms with Crippen LogP contribution in [0.5, 0.6) is 0 Å². The third kappa shape index (κ3) is 2.58. The maximum atomic E-state index is 14.6. The van der Waals surface area contributed by atoms with Gasteiger partial charge in [0.1, 0.15) is 5.82 Å². The van der Waals surface area contributed by atoms with Crippen LogP contribution in [-0.4, -0.2) is 14.8 Å². The van der Waals surface area contributed by atoms with Gasteiger partial charge in [0, 0.05) is 22.4 Å². The molecule has 1 unspecified atom stereocenters. The van der Waals surface area contributed by atoms with E-state index in [4.69, 9.17) is 0 Å². The molecule has 1 N–H and O–H groups in total. The Morgan fingerprint density at radius 1 is 0.893 bits per heavy atom. The number of halogens is 1. The monoisotopic (exact) mass is 370 g/mol. The van der Waals surface area contributed by atoms with Gasteiger partial charge in [-0.05, 0) is 18.2 Å². The van der Waals surface area contributed by atoms with E-state index < -0.39 is 11.7 Å². The largest absolute Gasteiger partial charge is 0.359 e. The quantitative estimate of drug-likeness (QED) is 0.578. The van der Waals surface area contributed by atoms with E-state index in [1.807, 2.05) is 42.5 Å². The lowest BCUT2D eigenvalue weighted by atomic mass is 10.1. The summed E-state index contributed by atoms with van der Waals surface area (Å²) >= 11 is 0. The van der Waals surface area contributed by atoms with E-state index in [0.29, 0.717) is 17.0 Å². The number of aromatic nitrogens is 3. The van der Waals surface area contributed by atoms with Crippen molar-refractivity contribution in [2.75, 3.05) is 5.32 Å². The Morgan fingerprint density at radius 2 is 1.61 bits per heavy atom. The highest BCUT2D eigenvalue weighted by atomic mass is 19.1. The molecule has 4 aromatic rings. The van der Waals surface area contributed by atoms with E-state index in [1.54, 1.807) is 35.0 Å². The van der Waals surface area contributed by atoms with Crippen molar-refractivity contribution in [1.29, 1.82) is 0 Å². The van der Waals surface area contributed by atoms with Gasteiger partial charge < -0.3 is 5.32 Å². The molecule has 1 aliphatic rings. The molecule has 0 aliphatic carbocycles. The van der Waals surface area contributed by atoms with Crippen molar-refractivity contribution >= 4 is 5.69 Å². The summed E-state index contributed by atoms with van der Waals surface area (Å²) in [5, 5.41) is 7.92. The molecule has 0 fully saturated rings. The van der Waals surface area contributed by atoms with Crippen molar-refractivity contribution < 1.29 is 4.39 Å². The SMILES string of the molecule is O=c1nc2n(nc1-c1ccccc1)C(c1ccccc1F)Nc1ccccc1-2. The molecular weight excluding hydrogens is 355 g/mol. The molecule has 1 atom stereocenters. The second-order valence-electron chi connectivity index (χ2n) is 6.51. The lowest BCUT2D eigenvalue weighted by Crippen LogP contribution is -2.32. The molecule has 136 valence electrons. The Bertz CT molecular complexity index is 1240. The van der Waals surface area contributed by atoms with Crippen LogP contribution >= 0.6 is 0 Å². The van der Waals surface area contributed by atoms with Gasteiger partial charge in [0.15, 0.2) is 17.7 Å². The lowest BCUT2D eigenvalue weighted by Gasteiger charge is -2.30. The number of benzene rings is 3. The third-order valence-corrected chi connectivity index (χ3v) is 4.79. The zero-order chi connectivity index (χ0) is 19.1. The third-order valence-electron chi connectivity index (χ3n) is 4.79. The fourth-order valence-corrected chi connectivity index (χ4v) is 3.46. The van der Waals surface area contributed by atoms with Crippen LogP contribution in [0.2, 0.25) is 0 Å². The Kier molecular flexibility index (Phi) is 3.76. The fourth-order valence-electron chi connectivity index (χ4n) is 3.46. The van der Waals surface area contributed by atoms with E-state index in [-0.39, 0.29) is 11.5 Å². The highest BCUT2D eigenvalue weighted by Gasteiger charge is 2.29. The van der Waals surface area contributed by atoms with Crippen molar-refractivity contribution in [3.63, 3.8) is 0 Å². The van der Waals surface area contributed by atoms with Crippen molar-refractivity contribution in [3.8, 4) is 22.6 Å². The molecule has 5 rings (SSSR count). The highest BCUT2D eigenvalue weighted by Crippen LogP contribution is 2.36. The van der Waals surface area contributed by atoms with Crippen LogP contribution in [0.4, 0.5) is 10.1 Å². The van der Waals surface area contributed by atoms with Gasteiger partial charge in [-0.15, -0.1) is 0 Å². The lowest BCUT2D eigenvalue weighted by molar-refractivity contribution is 0.514.